The van der Waals surface area contributed by atoms with Crippen LogP contribution in [0.5, 0.6) is 11.5 Å². The highest BCUT2D eigenvalue weighted by Crippen LogP contribution is 2.33. The third-order valence-corrected chi connectivity index (χ3v) is 6.83. The molecule has 0 radical (unpaired) electrons. The molecule has 2 aromatic rings. The Balaban J connectivity index is 1.34. The Morgan fingerprint density at radius 2 is 1.62 bits per heavy atom. The first-order valence-electron chi connectivity index (χ1n) is 11.4. The van der Waals surface area contributed by atoms with Crippen LogP contribution in [0.2, 0.25) is 0 Å². The van der Waals surface area contributed by atoms with E-state index in [1.165, 1.54) is 43.9 Å². The second-order valence-electron chi connectivity index (χ2n) is 8.21. The second-order valence-corrected chi connectivity index (χ2v) is 9.22. The van der Waals surface area contributed by atoms with Gasteiger partial charge in [0.15, 0.2) is 11.5 Å². The lowest BCUT2D eigenvalue weighted by Crippen LogP contribution is -2.36. The Bertz CT molecular complexity index is 941. The number of ether oxygens (including phenoxy) is 2. The fourth-order valence-corrected chi connectivity index (χ4v) is 4.97. The third kappa shape index (κ3) is 6.19. The first kappa shape index (κ1) is 22.5. The fourth-order valence-electron chi connectivity index (χ4n) is 4.11. The number of carbonyl (C=O) groups is 2. The Hall–Kier alpha value is -2.67. The molecule has 32 heavy (non-hydrogen) atoms. The van der Waals surface area contributed by atoms with Gasteiger partial charge in [0.1, 0.15) is 13.2 Å². The molecule has 1 saturated carbocycles. The van der Waals surface area contributed by atoms with Gasteiger partial charge in [-0.1, -0.05) is 44.2 Å². The van der Waals surface area contributed by atoms with E-state index in [-0.39, 0.29) is 17.9 Å². The van der Waals surface area contributed by atoms with E-state index in [0.29, 0.717) is 41.7 Å². The molecule has 0 aromatic heterocycles. The highest BCUT2D eigenvalue weighted by atomic mass is 32.2. The molecule has 1 aliphatic carbocycles. The minimum atomic E-state index is -0.217. The molecule has 4 rings (SSSR count). The normalized spacial score (nSPS) is 16.5. The molecule has 170 valence electrons. The molecule has 2 aliphatic rings. The number of hydrogen-bond donors (Lipinski definition) is 2. The van der Waals surface area contributed by atoms with Gasteiger partial charge in [0.25, 0.3) is 5.91 Å². The monoisotopic (exact) mass is 454 g/mol. The summed E-state index contributed by atoms with van der Waals surface area (Å²) in [6.45, 7) is 1.02. The standard InChI is InChI=1S/C25H30N2O4S/c28-24(26-18-8-4-2-1-3-5-9-18)17-32-23-11-7-6-10-20(23)25(29)27-19-12-13-21-22(16-19)31-15-14-30-21/h6-7,10-13,16,18H,1-5,8-9,14-15,17H2,(H,26,28)(H,27,29). The average Bonchev–Trinajstić information content (AvgIpc) is 2.79. The third-order valence-electron chi connectivity index (χ3n) is 5.76. The molecule has 1 heterocycles. The molecule has 2 N–H and O–H groups in total. The summed E-state index contributed by atoms with van der Waals surface area (Å²) in [5.41, 5.74) is 1.19. The number of anilines is 1. The number of rotatable bonds is 6. The molecule has 7 heteroatoms. The van der Waals surface area contributed by atoms with Crippen molar-refractivity contribution in [3.63, 3.8) is 0 Å². The maximum Gasteiger partial charge on any atom is 0.256 e. The lowest BCUT2D eigenvalue weighted by molar-refractivity contribution is -0.119. The Morgan fingerprint density at radius 1 is 0.906 bits per heavy atom. The number of fused-ring (bicyclic) bond motifs is 1. The van der Waals surface area contributed by atoms with E-state index in [1.807, 2.05) is 18.2 Å². The van der Waals surface area contributed by atoms with Crippen LogP contribution < -0.4 is 20.1 Å². The molecular weight excluding hydrogens is 424 g/mol. The van der Waals surface area contributed by atoms with E-state index >= 15 is 0 Å². The predicted octanol–water partition coefficient (Wildman–Crippen LogP) is 5.03. The number of carbonyl (C=O) groups excluding carboxylic acids is 2. The zero-order chi connectivity index (χ0) is 22.2. The molecule has 6 nitrogen and oxygen atoms in total. The summed E-state index contributed by atoms with van der Waals surface area (Å²) in [5.74, 6) is 1.42. The van der Waals surface area contributed by atoms with Crippen molar-refractivity contribution in [2.45, 2.75) is 55.9 Å². The molecule has 0 atom stereocenters. The van der Waals surface area contributed by atoms with E-state index in [2.05, 4.69) is 10.6 Å². The van der Waals surface area contributed by atoms with Gasteiger partial charge in [-0.3, -0.25) is 9.59 Å². The minimum Gasteiger partial charge on any atom is -0.486 e. The van der Waals surface area contributed by atoms with Crippen LogP contribution in [0.3, 0.4) is 0 Å². The van der Waals surface area contributed by atoms with Gasteiger partial charge in [-0.25, -0.2) is 0 Å². The topological polar surface area (TPSA) is 76.7 Å². The summed E-state index contributed by atoms with van der Waals surface area (Å²) >= 11 is 1.40. The van der Waals surface area contributed by atoms with Crippen LogP contribution in [0.25, 0.3) is 0 Å². The van der Waals surface area contributed by atoms with E-state index in [1.54, 1.807) is 24.3 Å². The van der Waals surface area contributed by atoms with E-state index in [9.17, 15) is 9.59 Å². The number of amides is 2. The number of hydrogen-bond acceptors (Lipinski definition) is 5. The summed E-state index contributed by atoms with van der Waals surface area (Å²) < 4.78 is 11.1. The maximum atomic E-state index is 12.9. The van der Waals surface area contributed by atoms with Gasteiger partial charge < -0.3 is 20.1 Å². The van der Waals surface area contributed by atoms with Gasteiger partial charge in [-0.2, -0.15) is 0 Å². The first-order chi connectivity index (χ1) is 15.7. The van der Waals surface area contributed by atoms with Crippen molar-refractivity contribution in [3.8, 4) is 11.5 Å². The molecule has 0 unspecified atom stereocenters. The highest BCUT2D eigenvalue weighted by Gasteiger charge is 2.17. The lowest BCUT2D eigenvalue weighted by atomic mass is 9.97. The minimum absolute atomic E-state index is 0.0302. The Morgan fingerprint density at radius 3 is 2.44 bits per heavy atom. The first-order valence-corrected chi connectivity index (χ1v) is 12.4. The summed E-state index contributed by atoms with van der Waals surface area (Å²) in [4.78, 5) is 26.3. The smallest absolute Gasteiger partial charge is 0.256 e. The van der Waals surface area contributed by atoms with Crippen molar-refractivity contribution in [1.29, 1.82) is 0 Å². The highest BCUT2D eigenvalue weighted by molar-refractivity contribution is 8.00. The van der Waals surface area contributed by atoms with E-state index < -0.39 is 0 Å². The zero-order valence-electron chi connectivity index (χ0n) is 18.2. The van der Waals surface area contributed by atoms with E-state index in [0.717, 1.165) is 17.7 Å². The van der Waals surface area contributed by atoms with Crippen LogP contribution in [0.15, 0.2) is 47.4 Å². The summed E-state index contributed by atoms with van der Waals surface area (Å²) in [6, 6.07) is 13.0. The van der Waals surface area contributed by atoms with Gasteiger partial charge in [-0.05, 0) is 37.1 Å². The van der Waals surface area contributed by atoms with Crippen molar-refractivity contribution >= 4 is 29.3 Å². The molecule has 0 bridgehead atoms. The fraction of sp³-hybridized carbons (Fsp3) is 0.440. The van der Waals surface area contributed by atoms with Gasteiger partial charge in [0, 0.05) is 22.7 Å². The molecule has 2 amide bonds. The SMILES string of the molecule is O=C(CSc1ccccc1C(=O)Nc1ccc2c(c1)OCCO2)NC1CCCCCCC1. The van der Waals surface area contributed by atoms with Crippen LogP contribution in [0.1, 0.15) is 55.3 Å². The summed E-state index contributed by atoms with van der Waals surface area (Å²) in [5, 5.41) is 6.11. The molecule has 1 aliphatic heterocycles. The van der Waals surface area contributed by atoms with Crippen LogP contribution in [-0.4, -0.2) is 36.8 Å². The molecular formula is C25H30N2O4S. The van der Waals surface area contributed by atoms with Gasteiger partial charge >= 0.3 is 0 Å². The Kier molecular flexibility index (Phi) is 7.93. The lowest BCUT2D eigenvalue weighted by Gasteiger charge is -2.21. The van der Waals surface area contributed by atoms with Crippen LogP contribution >= 0.6 is 11.8 Å². The number of thioether (sulfide) groups is 1. The van der Waals surface area contributed by atoms with Crippen molar-refractivity contribution in [3.05, 3.63) is 48.0 Å². The van der Waals surface area contributed by atoms with Crippen LogP contribution in [0.4, 0.5) is 5.69 Å². The van der Waals surface area contributed by atoms with Gasteiger partial charge in [0.05, 0.1) is 11.3 Å². The van der Waals surface area contributed by atoms with Gasteiger partial charge in [-0.15, -0.1) is 11.8 Å². The summed E-state index contributed by atoms with van der Waals surface area (Å²) in [6.07, 6.45) is 8.30. The maximum absolute atomic E-state index is 12.9. The second kappa shape index (κ2) is 11.3. The Labute approximate surface area is 193 Å². The number of benzene rings is 2. The van der Waals surface area contributed by atoms with Gasteiger partial charge in [0.2, 0.25) is 5.91 Å². The van der Waals surface area contributed by atoms with Crippen LogP contribution in [-0.2, 0) is 4.79 Å². The molecule has 1 fully saturated rings. The van der Waals surface area contributed by atoms with E-state index in [4.69, 9.17) is 9.47 Å². The van der Waals surface area contributed by atoms with Crippen molar-refractivity contribution in [2.24, 2.45) is 0 Å². The molecule has 2 aromatic carbocycles. The largest absolute Gasteiger partial charge is 0.486 e. The van der Waals surface area contributed by atoms with Crippen molar-refractivity contribution < 1.29 is 19.1 Å². The molecule has 0 spiro atoms. The zero-order valence-corrected chi connectivity index (χ0v) is 19.0. The number of nitrogens with one attached hydrogen (secondary N) is 2. The molecule has 0 saturated heterocycles. The van der Waals surface area contributed by atoms with Crippen molar-refractivity contribution in [1.82, 2.24) is 5.32 Å². The van der Waals surface area contributed by atoms with Crippen LogP contribution in [0, 0.1) is 0 Å². The quantitative estimate of drug-likeness (QED) is 0.599. The summed E-state index contributed by atoms with van der Waals surface area (Å²) in [7, 11) is 0. The predicted molar refractivity (Wildman–Crippen MR) is 127 cm³/mol. The van der Waals surface area contributed by atoms with Crippen molar-refractivity contribution in [2.75, 3.05) is 24.3 Å². The average molecular weight is 455 g/mol.